The average molecular weight is 534 g/mol. The highest BCUT2D eigenvalue weighted by Gasteiger charge is 2.35. The van der Waals surface area contributed by atoms with E-state index >= 15 is 0 Å². The second-order valence-corrected chi connectivity index (χ2v) is 10.3. The predicted octanol–water partition coefficient (Wildman–Crippen LogP) is 8.27. The molecule has 180 valence electrons. The number of rotatable bonds is 6. The van der Waals surface area contributed by atoms with Crippen molar-refractivity contribution in [1.82, 2.24) is 4.90 Å². The van der Waals surface area contributed by atoms with E-state index in [-0.39, 0.29) is 17.7 Å². The number of benzene rings is 4. The van der Waals surface area contributed by atoms with Crippen LogP contribution in [0.25, 0.3) is 16.8 Å². The van der Waals surface area contributed by atoms with Gasteiger partial charge >= 0.3 is 0 Å². The molecule has 1 heterocycles. The Balaban J connectivity index is 1.34. The number of thioether (sulfide) groups is 1. The molecule has 0 atom stereocenters. The zero-order valence-corrected chi connectivity index (χ0v) is 21.7. The van der Waals surface area contributed by atoms with Gasteiger partial charge in [0.25, 0.3) is 11.1 Å². The van der Waals surface area contributed by atoms with E-state index in [2.05, 4.69) is 0 Å². The lowest BCUT2D eigenvalue weighted by molar-refractivity contribution is -0.123. The lowest BCUT2D eigenvalue weighted by atomic mass is 10.0. The molecule has 0 saturated carbocycles. The van der Waals surface area contributed by atoms with Crippen molar-refractivity contribution in [2.75, 3.05) is 0 Å². The van der Waals surface area contributed by atoms with Gasteiger partial charge in [0.1, 0.15) is 6.61 Å². The van der Waals surface area contributed by atoms with Gasteiger partial charge in [0.15, 0.2) is 5.75 Å². The molecule has 4 aromatic rings. The van der Waals surface area contributed by atoms with Crippen LogP contribution in [-0.4, -0.2) is 16.0 Å². The van der Waals surface area contributed by atoms with Crippen molar-refractivity contribution in [3.05, 3.63) is 116 Å². The van der Waals surface area contributed by atoms with E-state index < -0.39 is 0 Å². The lowest BCUT2D eigenvalue weighted by Crippen LogP contribution is -2.27. The molecule has 0 aliphatic carbocycles. The molecule has 1 aliphatic heterocycles. The van der Waals surface area contributed by atoms with Crippen LogP contribution in [0, 0.1) is 6.92 Å². The number of imide groups is 1. The van der Waals surface area contributed by atoms with Gasteiger partial charge in [-0.25, -0.2) is 0 Å². The van der Waals surface area contributed by atoms with Crippen molar-refractivity contribution in [3.8, 4) is 5.75 Å². The fourth-order valence-electron chi connectivity index (χ4n) is 4.15. The summed E-state index contributed by atoms with van der Waals surface area (Å²) in [5.74, 6) is 0.0333. The van der Waals surface area contributed by atoms with Gasteiger partial charge in [0.05, 0.1) is 21.5 Å². The quantitative estimate of drug-likeness (QED) is 0.234. The molecule has 5 rings (SSSR count). The number of halogens is 2. The summed E-state index contributed by atoms with van der Waals surface area (Å²) in [4.78, 5) is 27.4. The molecule has 1 fully saturated rings. The Morgan fingerprint density at radius 3 is 2.42 bits per heavy atom. The highest BCUT2D eigenvalue weighted by atomic mass is 35.5. The molecule has 7 heteroatoms. The first kappa shape index (κ1) is 24.4. The number of carbonyl (C=O) groups excluding carboxylic acids is 2. The number of aryl methyl sites for hydroxylation is 1. The molecule has 36 heavy (non-hydrogen) atoms. The number of amides is 2. The number of nitrogens with zero attached hydrogens (tertiary/aromatic N) is 1. The molecular formula is C29H21Cl2NO3S. The number of fused-ring (bicyclic) bond motifs is 1. The van der Waals surface area contributed by atoms with E-state index in [1.54, 1.807) is 18.2 Å². The molecule has 1 aliphatic rings. The first-order valence-corrected chi connectivity index (χ1v) is 12.9. The molecule has 2 amide bonds. The van der Waals surface area contributed by atoms with Crippen LogP contribution in [0.3, 0.4) is 0 Å². The molecule has 0 bridgehead atoms. The zero-order chi connectivity index (χ0) is 25.2. The summed E-state index contributed by atoms with van der Waals surface area (Å²) < 4.78 is 5.87. The van der Waals surface area contributed by atoms with Crippen molar-refractivity contribution in [2.24, 2.45) is 0 Å². The summed E-state index contributed by atoms with van der Waals surface area (Å²) in [6, 6.07) is 25.1. The predicted molar refractivity (Wildman–Crippen MR) is 147 cm³/mol. The van der Waals surface area contributed by atoms with Crippen molar-refractivity contribution >= 4 is 63.0 Å². The molecule has 0 spiro atoms. The van der Waals surface area contributed by atoms with Gasteiger partial charge in [-0.3, -0.25) is 14.5 Å². The van der Waals surface area contributed by atoms with Gasteiger partial charge in [-0.15, -0.1) is 0 Å². The minimum absolute atomic E-state index is 0.205. The Bertz CT molecular complexity index is 1500. The minimum atomic E-state index is -0.343. The largest absolute Gasteiger partial charge is 0.486 e. The summed E-state index contributed by atoms with van der Waals surface area (Å²) in [6.07, 6.45) is 1.64. The van der Waals surface area contributed by atoms with Crippen LogP contribution < -0.4 is 4.74 Å². The van der Waals surface area contributed by atoms with Crippen molar-refractivity contribution in [1.29, 1.82) is 0 Å². The molecule has 0 radical (unpaired) electrons. The number of carbonyl (C=O) groups is 2. The van der Waals surface area contributed by atoms with E-state index in [1.807, 2.05) is 73.7 Å². The van der Waals surface area contributed by atoms with Crippen LogP contribution in [0.1, 0.15) is 22.3 Å². The van der Waals surface area contributed by atoms with E-state index in [4.69, 9.17) is 27.9 Å². The first-order valence-electron chi connectivity index (χ1n) is 11.3. The third-order valence-corrected chi connectivity index (χ3v) is 7.33. The SMILES string of the molecule is Cc1cccc(COc2c(Cl)cc(/C=C3\SC(=O)N(Cc4cccc5ccccc45)C3=O)cc2Cl)c1. The van der Waals surface area contributed by atoms with E-state index in [1.165, 1.54) is 4.90 Å². The summed E-state index contributed by atoms with van der Waals surface area (Å²) >= 11 is 13.8. The lowest BCUT2D eigenvalue weighted by Gasteiger charge is -2.14. The molecule has 0 N–H and O–H groups in total. The fourth-order valence-corrected chi connectivity index (χ4v) is 5.60. The van der Waals surface area contributed by atoms with Crippen LogP contribution >= 0.6 is 35.0 Å². The Kier molecular flexibility index (Phi) is 7.06. The number of ether oxygens (including phenoxy) is 1. The summed E-state index contributed by atoms with van der Waals surface area (Å²) in [5.41, 5.74) is 3.67. The molecule has 4 nitrogen and oxygen atoms in total. The minimum Gasteiger partial charge on any atom is -0.486 e. The Morgan fingerprint density at radius 2 is 1.64 bits per heavy atom. The molecular weight excluding hydrogens is 513 g/mol. The van der Waals surface area contributed by atoms with Crippen LogP contribution in [0.2, 0.25) is 10.0 Å². The third kappa shape index (κ3) is 5.14. The van der Waals surface area contributed by atoms with Crippen LogP contribution in [-0.2, 0) is 17.9 Å². The van der Waals surface area contributed by atoms with E-state index in [0.29, 0.717) is 32.9 Å². The van der Waals surface area contributed by atoms with E-state index in [9.17, 15) is 9.59 Å². The van der Waals surface area contributed by atoms with Gasteiger partial charge in [-0.1, -0.05) is 95.5 Å². The first-order chi connectivity index (χ1) is 17.4. The molecule has 0 aromatic heterocycles. The zero-order valence-electron chi connectivity index (χ0n) is 19.3. The fraction of sp³-hybridized carbons (Fsp3) is 0.103. The van der Waals surface area contributed by atoms with Gasteiger partial charge in [0.2, 0.25) is 0 Å². The normalized spacial score (nSPS) is 14.8. The second kappa shape index (κ2) is 10.4. The number of hydrogen-bond donors (Lipinski definition) is 0. The maximum absolute atomic E-state index is 13.1. The highest BCUT2D eigenvalue weighted by molar-refractivity contribution is 8.18. The second-order valence-electron chi connectivity index (χ2n) is 8.50. The highest BCUT2D eigenvalue weighted by Crippen LogP contribution is 2.38. The van der Waals surface area contributed by atoms with Crippen molar-refractivity contribution in [3.63, 3.8) is 0 Å². The summed E-state index contributed by atoms with van der Waals surface area (Å²) in [7, 11) is 0. The maximum atomic E-state index is 13.1. The Hall–Kier alpha value is -3.25. The molecule has 4 aromatic carbocycles. The van der Waals surface area contributed by atoms with E-state index in [0.717, 1.165) is 39.2 Å². The smallest absolute Gasteiger partial charge is 0.293 e. The monoisotopic (exact) mass is 533 g/mol. The topological polar surface area (TPSA) is 46.6 Å². The molecule has 1 saturated heterocycles. The summed E-state index contributed by atoms with van der Waals surface area (Å²) in [6.45, 7) is 2.55. The van der Waals surface area contributed by atoms with Gasteiger partial charge < -0.3 is 4.74 Å². The van der Waals surface area contributed by atoms with Gasteiger partial charge in [-0.2, -0.15) is 0 Å². The molecule has 0 unspecified atom stereocenters. The van der Waals surface area contributed by atoms with Crippen LogP contribution in [0.15, 0.2) is 83.8 Å². The summed E-state index contributed by atoms with van der Waals surface area (Å²) in [5, 5.41) is 2.43. The van der Waals surface area contributed by atoms with Gasteiger partial charge in [-0.05, 0) is 64.4 Å². The standard InChI is InChI=1S/C29H21Cl2NO3S/c1-18-6-4-7-19(12-18)17-35-27-24(30)13-20(14-25(27)31)15-26-28(33)32(29(34)36-26)16-22-10-5-9-21-8-2-3-11-23(21)22/h2-15H,16-17H2,1H3/b26-15-. The third-order valence-electron chi connectivity index (χ3n) is 5.87. The Labute approximate surface area is 223 Å². The Morgan fingerprint density at radius 1 is 0.917 bits per heavy atom. The van der Waals surface area contributed by atoms with Crippen molar-refractivity contribution in [2.45, 2.75) is 20.1 Å². The number of hydrogen-bond acceptors (Lipinski definition) is 4. The van der Waals surface area contributed by atoms with Crippen LogP contribution in [0.4, 0.5) is 4.79 Å². The maximum Gasteiger partial charge on any atom is 0.293 e. The average Bonchev–Trinajstić information content (AvgIpc) is 3.11. The van der Waals surface area contributed by atoms with Crippen LogP contribution in [0.5, 0.6) is 5.75 Å². The van der Waals surface area contributed by atoms with Crippen molar-refractivity contribution < 1.29 is 14.3 Å². The van der Waals surface area contributed by atoms with Gasteiger partial charge in [0, 0.05) is 0 Å².